The zero-order chi connectivity index (χ0) is 8.97. The molecule has 0 atom stereocenters. The third-order valence-electron chi connectivity index (χ3n) is 1.70. The van der Waals surface area contributed by atoms with Gasteiger partial charge in [0, 0.05) is 18.3 Å². The van der Waals surface area contributed by atoms with Crippen molar-refractivity contribution in [2.24, 2.45) is 0 Å². The van der Waals surface area contributed by atoms with Gasteiger partial charge in [0.25, 0.3) is 0 Å². The van der Waals surface area contributed by atoms with Gasteiger partial charge in [0.1, 0.15) is 0 Å². The van der Waals surface area contributed by atoms with Gasteiger partial charge >= 0.3 is 0 Å². The summed E-state index contributed by atoms with van der Waals surface area (Å²) in [6, 6.07) is 0. The lowest BCUT2D eigenvalue weighted by atomic mass is 10.2. The lowest BCUT2D eigenvalue weighted by Gasteiger charge is -1.97. The first-order valence-corrected chi connectivity index (χ1v) is 4.71. The van der Waals surface area contributed by atoms with Crippen molar-refractivity contribution in [3.63, 3.8) is 0 Å². The quantitative estimate of drug-likeness (QED) is 0.765. The number of aromatic nitrogens is 1. The molecule has 1 N–H and O–H groups in total. The van der Waals surface area contributed by atoms with Crippen LogP contribution in [0.2, 0.25) is 0 Å². The largest absolute Gasteiger partial charge is 0.359 e. The molecule has 0 aliphatic heterocycles. The molecule has 1 aromatic heterocycles. The second kappa shape index (κ2) is 4.21. The van der Waals surface area contributed by atoms with E-state index in [-0.39, 0.29) is 5.91 Å². The van der Waals surface area contributed by atoms with Gasteiger partial charge in [0.05, 0.1) is 11.2 Å². The van der Waals surface area contributed by atoms with E-state index in [1.165, 1.54) is 4.88 Å². The molecule has 3 nitrogen and oxygen atoms in total. The number of rotatable bonds is 3. The van der Waals surface area contributed by atoms with Gasteiger partial charge in [-0.1, -0.05) is 0 Å². The highest BCUT2D eigenvalue weighted by Gasteiger charge is 2.03. The van der Waals surface area contributed by atoms with E-state index in [2.05, 4.69) is 10.3 Å². The highest BCUT2D eigenvalue weighted by atomic mass is 32.1. The Balaban J connectivity index is 2.43. The summed E-state index contributed by atoms with van der Waals surface area (Å²) >= 11 is 1.61. The van der Waals surface area contributed by atoms with E-state index in [9.17, 15) is 4.79 Å². The summed E-state index contributed by atoms with van der Waals surface area (Å²) in [6.45, 7) is 1.97. The van der Waals surface area contributed by atoms with Crippen LogP contribution >= 0.6 is 11.3 Å². The van der Waals surface area contributed by atoms with Crippen molar-refractivity contribution in [2.75, 3.05) is 7.05 Å². The maximum absolute atomic E-state index is 10.9. The van der Waals surface area contributed by atoms with Gasteiger partial charge in [-0.15, -0.1) is 11.3 Å². The second-order valence-corrected chi connectivity index (χ2v) is 3.47. The Labute approximate surface area is 75.8 Å². The topological polar surface area (TPSA) is 42.0 Å². The van der Waals surface area contributed by atoms with Crippen LogP contribution in [0, 0.1) is 6.92 Å². The van der Waals surface area contributed by atoms with Crippen molar-refractivity contribution in [3.05, 3.63) is 16.1 Å². The molecule has 0 spiro atoms. The molecular weight excluding hydrogens is 172 g/mol. The predicted octanol–water partition coefficient (Wildman–Crippen LogP) is 1.13. The van der Waals surface area contributed by atoms with Crippen LogP contribution in [0.4, 0.5) is 0 Å². The first kappa shape index (κ1) is 9.19. The van der Waals surface area contributed by atoms with E-state index in [1.54, 1.807) is 18.4 Å². The number of thiazole rings is 1. The normalized spacial score (nSPS) is 9.83. The summed E-state index contributed by atoms with van der Waals surface area (Å²) in [4.78, 5) is 16.2. The molecule has 0 unspecified atom stereocenters. The molecule has 0 aliphatic rings. The zero-order valence-corrected chi connectivity index (χ0v) is 8.07. The Kier molecular flexibility index (Phi) is 3.22. The Morgan fingerprint density at radius 1 is 1.75 bits per heavy atom. The number of nitrogens with one attached hydrogen (secondary N) is 1. The number of hydrogen-bond acceptors (Lipinski definition) is 3. The average molecular weight is 184 g/mol. The van der Waals surface area contributed by atoms with E-state index in [0.717, 1.165) is 12.1 Å². The van der Waals surface area contributed by atoms with E-state index >= 15 is 0 Å². The molecule has 0 aliphatic carbocycles. The van der Waals surface area contributed by atoms with Gasteiger partial charge in [-0.2, -0.15) is 0 Å². The molecule has 0 radical (unpaired) electrons. The highest BCUT2D eigenvalue weighted by molar-refractivity contribution is 7.09. The van der Waals surface area contributed by atoms with Crippen molar-refractivity contribution in [1.29, 1.82) is 0 Å². The fourth-order valence-corrected chi connectivity index (χ4v) is 1.70. The van der Waals surface area contributed by atoms with Gasteiger partial charge in [0.2, 0.25) is 5.91 Å². The summed E-state index contributed by atoms with van der Waals surface area (Å²) in [5.74, 6) is 0.0859. The van der Waals surface area contributed by atoms with E-state index in [0.29, 0.717) is 6.42 Å². The summed E-state index contributed by atoms with van der Waals surface area (Å²) in [7, 11) is 1.65. The molecule has 1 heterocycles. The van der Waals surface area contributed by atoms with Gasteiger partial charge in [-0.05, 0) is 13.3 Å². The third-order valence-corrected chi connectivity index (χ3v) is 2.70. The Hall–Kier alpha value is -0.900. The Morgan fingerprint density at radius 2 is 2.50 bits per heavy atom. The zero-order valence-electron chi connectivity index (χ0n) is 7.26. The monoisotopic (exact) mass is 184 g/mol. The lowest BCUT2D eigenvalue weighted by Crippen LogP contribution is -2.17. The first-order chi connectivity index (χ1) is 5.74. The summed E-state index contributed by atoms with van der Waals surface area (Å²) in [5, 5.41) is 2.59. The Bertz CT molecular complexity index is 270. The van der Waals surface area contributed by atoms with Crippen LogP contribution in [0.25, 0.3) is 0 Å². The molecule has 0 bridgehead atoms. The van der Waals surface area contributed by atoms with Crippen LogP contribution in [0.5, 0.6) is 0 Å². The maximum Gasteiger partial charge on any atom is 0.220 e. The van der Waals surface area contributed by atoms with Crippen molar-refractivity contribution in [3.8, 4) is 0 Å². The van der Waals surface area contributed by atoms with Crippen molar-refractivity contribution < 1.29 is 4.79 Å². The minimum Gasteiger partial charge on any atom is -0.359 e. The number of amides is 1. The minimum absolute atomic E-state index is 0.0859. The molecule has 1 aromatic rings. The molecule has 0 saturated carbocycles. The molecule has 1 rings (SSSR count). The number of carbonyl (C=O) groups is 1. The number of hydrogen-bond donors (Lipinski definition) is 1. The summed E-state index contributed by atoms with van der Waals surface area (Å²) in [5.41, 5.74) is 2.86. The highest BCUT2D eigenvalue weighted by Crippen LogP contribution is 2.13. The number of carbonyl (C=O) groups excluding carboxylic acids is 1. The second-order valence-electron chi connectivity index (χ2n) is 2.53. The molecule has 0 saturated heterocycles. The maximum atomic E-state index is 10.9. The summed E-state index contributed by atoms with van der Waals surface area (Å²) in [6.07, 6.45) is 1.36. The summed E-state index contributed by atoms with van der Waals surface area (Å²) < 4.78 is 0. The molecule has 1 amide bonds. The average Bonchev–Trinajstić information content (AvgIpc) is 2.47. The third kappa shape index (κ3) is 2.30. The minimum atomic E-state index is 0.0859. The SMILES string of the molecule is CNC(=O)CCc1scnc1C. The fourth-order valence-electron chi connectivity index (χ4n) is 0.918. The van der Waals surface area contributed by atoms with Crippen molar-refractivity contribution >= 4 is 17.2 Å². The smallest absolute Gasteiger partial charge is 0.220 e. The van der Waals surface area contributed by atoms with Crippen LogP contribution in [-0.4, -0.2) is 17.9 Å². The molecule has 12 heavy (non-hydrogen) atoms. The standard InChI is InChI=1S/C8H12N2OS/c1-6-7(12-5-10-6)3-4-8(11)9-2/h5H,3-4H2,1-2H3,(H,9,11). The van der Waals surface area contributed by atoms with E-state index < -0.39 is 0 Å². The molecule has 66 valence electrons. The molecular formula is C8H12N2OS. The predicted molar refractivity (Wildman–Crippen MR) is 49.2 cm³/mol. The van der Waals surface area contributed by atoms with Gasteiger partial charge in [-0.3, -0.25) is 4.79 Å². The van der Waals surface area contributed by atoms with Crippen LogP contribution in [0.3, 0.4) is 0 Å². The van der Waals surface area contributed by atoms with Crippen LogP contribution in [0.1, 0.15) is 17.0 Å². The molecule has 0 fully saturated rings. The van der Waals surface area contributed by atoms with Crippen LogP contribution < -0.4 is 5.32 Å². The van der Waals surface area contributed by atoms with Crippen LogP contribution in [0.15, 0.2) is 5.51 Å². The van der Waals surface area contributed by atoms with Crippen molar-refractivity contribution in [1.82, 2.24) is 10.3 Å². The molecule has 4 heteroatoms. The van der Waals surface area contributed by atoms with Crippen LogP contribution in [-0.2, 0) is 11.2 Å². The number of aryl methyl sites for hydroxylation is 2. The van der Waals surface area contributed by atoms with Gasteiger partial charge in [-0.25, -0.2) is 4.98 Å². The Morgan fingerprint density at radius 3 is 3.00 bits per heavy atom. The number of nitrogens with zero attached hydrogens (tertiary/aromatic N) is 1. The van der Waals surface area contributed by atoms with E-state index in [1.807, 2.05) is 12.4 Å². The lowest BCUT2D eigenvalue weighted by molar-refractivity contribution is -0.120. The molecule has 0 aromatic carbocycles. The first-order valence-electron chi connectivity index (χ1n) is 3.83. The fraction of sp³-hybridized carbons (Fsp3) is 0.500. The van der Waals surface area contributed by atoms with E-state index in [4.69, 9.17) is 0 Å². The van der Waals surface area contributed by atoms with Crippen molar-refractivity contribution in [2.45, 2.75) is 19.8 Å². The van der Waals surface area contributed by atoms with Gasteiger partial charge in [0.15, 0.2) is 0 Å². The van der Waals surface area contributed by atoms with Gasteiger partial charge < -0.3 is 5.32 Å².